The van der Waals surface area contributed by atoms with Crippen LogP contribution in [-0.2, 0) is 11.2 Å². The lowest BCUT2D eigenvalue weighted by atomic mass is 9.91. The Labute approximate surface area is 210 Å². The van der Waals surface area contributed by atoms with Crippen LogP contribution in [0.4, 0.5) is 0 Å². The highest BCUT2D eigenvalue weighted by Crippen LogP contribution is 2.34. The Morgan fingerprint density at radius 1 is 1.18 bits per heavy atom. The van der Waals surface area contributed by atoms with E-state index in [-0.39, 0.29) is 5.91 Å². The van der Waals surface area contributed by atoms with Crippen LogP contribution in [0.2, 0.25) is 5.02 Å². The summed E-state index contributed by atoms with van der Waals surface area (Å²) < 4.78 is 6.08. The number of amides is 1. The Balaban J connectivity index is 1.42. The number of rotatable bonds is 12. The molecule has 0 spiro atoms. The van der Waals surface area contributed by atoms with Gasteiger partial charge in [-0.3, -0.25) is 9.69 Å². The molecule has 1 N–H and O–H groups in total. The van der Waals surface area contributed by atoms with Crippen molar-refractivity contribution in [2.45, 2.75) is 46.1 Å². The van der Waals surface area contributed by atoms with E-state index >= 15 is 0 Å². The van der Waals surface area contributed by atoms with Crippen LogP contribution in [0.3, 0.4) is 0 Å². The molecule has 1 amide bonds. The number of unbranched alkanes of at least 4 members (excludes halogenated alkanes) is 1. The highest BCUT2D eigenvalue weighted by atomic mass is 35.5. The number of nitrogens with one attached hydrogen (secondary N) is 1. The molecule has 6 heteroatoms. The quantitative estimate of drug-likeness (QED) is 0.428. The molecule has 1 aliphatic rings. The molecule has 2 aromatic rings. The van der Waals surface area contributed by atoms with Crippen LogP contribution in [0.15, 0.2) is 36.4 Å². The van der Waals surface area contributed by atoms with Gasteiger partial charge < -0.3 is 15.0 Å². The number of ether oxygens (including phenoxy) is 1. The molecule has 0 aromatic heterocycles. The van der Waals surface area contributed by atoms with Gasteiger partial charge in [-0.05, 0) is 94.7 Å². The number of halogens is 1. The summed E-state index contributed by atoms with van der Waals surface area (Å²) in [7, 11) is 4.21. The van der Waals surface area contributed by atoms with Crippen molar-refractivity contribution >= 4 is 17.5 Å². The number of nitrogens with zero attached hydrogens (tertiary/aromatic N) is 2. The number of carbonyl (C=O) groups is 1. The first-order valence-corrected chi connectivity index (χ1v) is 12.7. The third-order valence-corrected chi connectivity index (χ3v) is 7.10. The van der Waals surface area contributed by atoms with Crippen molar-refractivity contribution in [1.82, 2.24) is 15.1 Å². The van der Waals surface area contributed by atoms with Crippen molar-refractivity contribution in [3.8, 4) is 5.75 Å². The first-order valence-electron chi connectivity index (χ1n) is 12.4. The van der Waals surface area contributed by atoms with E-state index in [1.807, 2.05) is 24.3 Å². The molecule has 5 nitrogen and oxygen atoms in total. The fourth-order valence-corrected chi connectivity index (χ4v) is 4.76. The molecule has 1 aliphatic heterocycles. The predicted octanol–water partition coefficient (Wildman–Crippen LogP) is 5.03. The summed E-state index contributed by atoms with van der Waals surface area (Å²) in [6.07, 6.45) is 2.59. The van der Waals surface area contributed by atoms with E-state index in [0.717, 1.165) is 56.9 Å². The molecular weight excluding hydrogens is 446 g/mol. The van der Waals surface area contributed by atoms with E-state index in [4.69, 9.17) is 16.3 Å². The van der Waals surface area contributed by atoms with Gasteiger partial charge in [0.1, 0.15) is 5.75 Å². The minimum absolute atomic E-state index is 0.0533. The van der Waals surface area contributed by atoms with E-state index in [1.54, 1.807) is 0 Å². The second-order valence-electron chi connectivity index (χ2n) is 9.87. The highest BCUT2D eigenvalue weighted by Gasteiger charge is 2.31. The van der Waals surface area contributed by atoms with Crippen LogP contribution >= 0.6 is 11.6 Å². The normalized spacial score (nSPS) is 15.3. The van der Waals surface area contributed by atoms with Gasteiger partial charge in [0.05, 0.1) is 13.0 Å². The smallest absolute Gasteiger partial charge is 0.224 e. The first-order chi connectivity index (χ1) is 16.2. The van der Waals surface area contributed by atoms with Gasteiger partial charge in [-0.1, -0.05) is 29.8 Å². The van der Waals surface area contributed by atoms with Gasteiger partial charge in [0.25, 0.3) is 0 Å². The van der Waals surface area contributed by atoms with Crippen molar-refractivity contribution < 1.29 is 9.53 Å². The Morgan fingerprint density at radius 3 is 2.65 bits per heavy atom. The highest BCUT2D eigenvalue weighted by molar-refractivity contribution is 6.30. The SMILES string of the molecule is Cc1c(OCCCCN(C)C)ccc(C(C)N2CC(CNC(=O)Cc3cccc(Cl)c3)C2)c1C. The largest absolute Gasteiger partial charge is 0.493 e. The van der Waals surface area contributed by atoms with Crippen molar-refractivity contribution in [2.24, 2.45) is 5.92 Å². The van der Waals surface area contributed by atoms with Gasteiger partial charge in [0.2, 0.25) is 5.91 Å². The number of hydrogen-bond donors (Lipinski definition) is 1. The second kappa shape index (κ2) is 12.6. The summed E-state index contributed by atoms with van der Waals surface area (Å²) in [4.78, 5) is 17.0. The van der Waals surface area contributed by atoms with Crippen LogP contribution in [0.25, 0.3) is 0 Å². The van der Waals surface area contributed by atoms with Crippen LogP contribution in [0, 0.1) is 19.8 Å². The molecule has 2 aromatic carbocycles. The predicted molar refractivity (Wildman–Crippen MR) is 141 cm³/mol. The summed E-state index contributed by atoms with van der Waals surface area (Å²) in [6, 6.07) is 12.2. The molecular formula is C28H40ClN3O2. The van der Waals surface area contributed by atoms with E-state index < -0.39 is 0 Å². The molecule has 1 fully saturated rings. The van der Waals surface area contributed by atoms with Crippen LogP contribution in [0.5, 0.6) is 5.75 Å². The Morgan fingerprint density at radius 2 is 1.94 bits per heavy atom. The number of hydrogen-bond acceptors (Lipinski definition) is 4. The minimum Gasteiger partial charge on any atom is -0.493 e. The number of benzene rings is 2. The van der Waals surface area contributed by atoms with Crippen LogP contribution in [0.1, 0.15) is 48.1 Å². The van der Waals surface area contributed by atoms with Crippen LogP contribution < -0.4 is 10.1 Å². The zero-order valence-electron chi connectivity index (χ0n) is 21.4. The molecule has 1 unspecified atom stereocenters. The lowest BCUT2D eigenvalue weighted by Gasteiger charge is -2.44. The number of carbonyl (C=O) groups excluding carboxylic acids is 1. The van der Waals surface area contributed by atoms with E-state index in [9.17, 15) is 4.79 Å². The minimum atomic E-state index is 0.0533. The summed E-state index contributed by atoms with van der Waals surface area (Å²) in [5.74, 6) is 1.55. The van der Waals surface area contributed by atoms with E-state index in [2.05, 4.69) is 62.1 Å². The maximum atomic E-state index is 12.3. The zero-order valence-corrected chi connectivity index (χ0v) is 22.1. The van der Waals surface area contributed by atoms with Crippen molar-refractivity contribution in [2.75, 3.05) is 46.9 Å². The molecule has 1 saturated heterocycles. The third-order valence-electron chi connectivity index (χ3n) is 6.86. The molecule has 1 atom stereocenters. The summed E-state index contributed by atoms with van der Waals surface area (Å²) in [5.41, 5.74) is 4.86. The van der Waals surface area contributed by atoms with Gasteiger partial charge in [-0.2, -0.15) is 0 Å². The molecule has 0 aliphatic carbocycles. The molecule has 3 rings (SSSR count). The summed E-state index contributed by atoms with van der Waals surface area (Å²) in [6.45, 7) is 11.2. The molecule has 34 heavy (non-hydrogen) atoms. The lowest BCUT2D eigenvalue weighted by Crippen LogP contribution is -2.52. The fraction of sp³-hybridized carbons (Fsp3) is 0.536. The molecule has 0 bridgehead atoms. The Kier molecular flexibility index (Phi) is 9.81. The average molecular weight is 486 g/mol. The van der Waals surface area contributed by atoms with E-state index in [0.29, 0.717) is 23.4 Å². The Bertz CT molecular complexity index is 957. The molecule has 1 heterocycles. The Hall–Kier alpha value is -2.08. The lowest BCUT2D eigenvalue weighted by molar-refractivity contribution is -0.121. The van der Waals surface area contributed by atoms with Crippen LogP contribution in [-0.4, -0.2) is 62.6 Å². The molecule has 0 radical (unpaired) electrons. The number of likely N-dealkylation sites (tertiary alicyclic amines) is 1. The fourth-order valence-electron chi connectivity index (χ4n) is 4.54. The first kappa shape index (κ1) is 26.5. The molecule has 186 valence electrons. The van der Waals surface area contributed by atoms with Crippen molar-refractivity contribution in [3.05, 3.63) is 63.7 Å². The topological polar surface area (TPSA) is 44.8 Å². The zero-order chi connectivity index (χ0) is 24.7. The standard InChI is InChI=1S/C28H40ClN3O2/c1-20-21(2)27(34-14-7-6-13-31(4)5)12-11-26(20)22(3)32-18-24(19-32)17-30-28(33)16-23-9-8-10-25(29)15-23/h8-12,15,22,24H,6-7,13-14,16-19H2,1-5H3,(H,30,33). The summed E-state index contributed by atoms with van der Waals surface area (Å²) in [5, 5.41) is 3.75. The van der Waals surface area contributed by atoms with Crippen molar-refractivity contribution in [3.63, 3.8) is 0 Å². The van der Waals surface area contributed by atoms with Gasteiger partial charge in [0.15, 0.2) is 0 Å². The summed E-state index contributed by atoms with van der Waals surface area (Å²) >= 11 is 6.01. The second-order valence-corrected chi connectivity index (χ2v) is 10.3. The third kappa shape index (κ3) is 7.46. The monoisotopic (exact) mass is 485 g/mol. The average Bonchev–Trinajstić information content (AvgIpc) is 2.75. The maximum absolute atomic E-state index is 12.3. The van der Waals surface area contributed by atoms with Gasteiger partial charge in [-0.15, -0.1) is 0 Å². The van der Waals surface area contributed by atoms with Gasteiger partial charge >= 0.3 is 0 Å². The van der Waals surface area contributed by atoms with Gasteiger partial charge in [-0.25, -0.2) is 0 Å². The van der Waals surface area contributed by atoms with Crippen molar-refractivity contribution in [1.29, 1.82) is 0 Å². The van der Waals surface area contributed by atoms with Gasteiger partial charge in [0, 0.05) is 36.6 Å². The van der Waals surface area contributed by atoms with E-state index in [1.165, 1.54) is 16.7 Å². The molecule has 0 saturated carbocycles. The maximum Gasteiger partial charge on any atom is 0.224 e.